The Balaban J connectivity index is 2.13. The first kappa shape index (κ1) is 15.1. The zero-order chi connectivity index (χ0) is 15.2. The highest BCUT2D eigenvalue weighted by Crippen LogP contribution is 2.13. The molecule has 110 valence electrons. The minimum absolute atomic E-state index is 0.0232. The van der Waals surface area contributed by atoms with Gasteiger partial charge in [0, 0.05) is 25.5 Å². The minimum Gasteiger partial charge on any atom is -0.478 e. The molecular weight excluding hydrogens is 271 g/mol. The summed E-state index contributed by atoms with van der Waals surface area (Å²) in [6.45, 7) is 3.99. The van der Waals surface area contributed by atoms with Crippen LogP contribution in [0.4, 0.5) is 4.39 Å². The van der Waals surface area contributed by atoms with Gasteiger partial charge in [0.2, 0.25) is 0 Å². The maximum Gasteiger partial charge on any atom is 0.335 e. The summed E-state index contributed by atoms with van der Waals surface area (Å²) in [7, 11) is 0. The third-order valence-corrected chi connectivity index (χ3v) is 3.21. The summed E-state index contributed by atoms with van der Waals surface area (Å²) in [6, 6.07) is 7.78. The number of aromatic nitrogens is 1. The number of aromatic carboxylic acids is 1. The molecule has 0 radical (unpaired) electrons. The van der Waals surface area contributed by atoms with Gasteiger partial charge in [-0.25, -0.2) is 9.18 Å². The van der Waals surface area contributed by atoms with E-state index in [1.807, 2.05) is 19.1 Å². The van der Waals surface area contributed by atoms with E-state index in [-0.39, 0.29) is 5.56 Å². The van der Waals surface area contributed by atoms with Crippen LogP contribution in [0.2, 0.25) is 0 Å². The molecule has 5 heteroatoms. The van der Waals surface area contributed by atoms with E-state index in [1.54, 1.807) is 12.4 Å². The lowest BCUT2D eigenvalue weighted by molar-refractivity contribution is 0.0696. The molecule has 0 unspecified atom stereocenters. The standard InChI is InChI=1S/C16H17FN2O2/c1-2-19(10-12-3-5-18-6-4-12)11-13-7-14(16(20)21)9-15(17)8-13/h3-9H,2,10-11H2,1H3,(H,20,21). The van der Waals surface area contributed by atoms with E-state index in [2.05, 4.69) is 9.88 Å². The number of rotatable bonds is 6. The number of carbonyl (C=O) groups is 1. The summed E-state index contributed by atoms with van der Waals surface area (Å²) in [5.74, 6) is -1.64. The largest absolute Gasteiger partial charge is 0.478 e. The first-order valence-electron chi connectivity index (χ1n) is 6.72. The molecular formula is C16H17FN2O2. The molecule has 1 N–H and O–H groups in total. The van der Waals surface area contributed by atoms with Gasteiger partial charge in [-0.1, -0.05) is 6.92 Å². The van der Waals surface area contributed by atoms with Crippen molar-refractivity contribution in [3.8, 4) is 0 Å². The fourth-order valence-corrected chi connectivity index (χ4v) is 2.15. The second-order valence-electron chi connectivity index (χ2n) is 4.81. The van der Waals surface area contributed by atoms with Gasteiger partial charge >= 0.3 is 5.97 Å². The maximum absolute atomic E-state index is 13.5. The van der Waals surface area contributed by atoms with Crippen molar-refractivity contribution in [1.82, 2.24) is 9.88 Å². The van der Waals surface area contributed by atoms with E-state index in [0.29, 0.717) is 18.7 Å². The van der Waals surface area contributed by atoms with E-state index in [1.165, 1.54) is 12.1 Å². The monoisotopic (exact) mass is 288 g/mol. The molecule has 0 saturated carbocycles. The lowest BCUT2D eigenvalue weighted by atomic mass is 10.1. The Bertz CT molecular complexity index is 617. The van der Waals surface area contributed by atoms with Crippen LogP contribution in [0.5, 0.6) is 0 Å². The number of carboxylic acids is 1. The molecule has 0 fully saturated rings. The van der Waals surface area contributed by atoms with Crippen molar-refractivity contribution in [2.75, 3.05) is 6.54 Å². The Kier molecular flexibility index (Phi) is 5.00. The van der Waals surface area contributed by atoms with Gasteiger partial charge in [-0.15, -0.1) is 0 Å². The number of pyridine rings is 1. The maximum atomic E-state index is 13.5. The molecule has 0 aliphatic rings. The van der Waals surface area contributed by atoms with E-state index in [0.717, 1.165) is 18.2 Å². The van der Waals surface area contributed by atoms with Crippen molar-refractivity contribution in [3.05, 3.63) is 65.2 Å². The van der Waals surface area contributed by atoms with Gasteiger partial charge < -0.3 is 5.11 Å². The summed E-state index contributed by atoms with van der Waals surface area (Å²) in [5, 5.41) is 8.97. The van der Waals surface area contributed by atoms with Crippen molar-refractivity contribution in [2.45, 2.75) is 20.0 Å². The number of nitrogens with zero attached hydrogens (tertiary/aromatic N) is 2. The average Bonchev–Trinajstić information content (AvgIpc) is 2.47. The van der Waals surface area contributed by atoms with Crippen LogP contribution < -0.4 is 0 Å². The van der Waals surface area contributed by atoms with Crippen LogP contribution in [0.3, 0.4) is 0 Å². The molecule has 0 saturated heterocycles. The Labute approximate surface area is 122 Å². The molecule has 0 aliphatic carbocycles. The second kappa shape index (κ2) is 6.95. The summed E-state index contributed by atoms with van der Waals surface area (Å²) < 4.78 is 13.5. The van der Waals surface area contributed by atoms with Gasteiger partial charge in [0.15, 0.2) is 0 Å². The fraction of sp³-hybridized carbons (Fsp3) is 0.250. The molecule has 1 aromatic heterocycles. The zero-order valence-corrected chi connectivity index (χ0v) is 11.8. The molecule has 0 aliphatic heterocycles. The Morgan fingerprint density at radius 2 is 1.86 bits per heavy atom. The number of carboxylic acid groups (broad SMARTS) is 1. The average molecular weight is 288 g/mol. The number of halogens is 1. The third kappa shape index (κ3) is 4.36. The highest BCUT2D eigenvalue weighted by Gasteiger charge is 2.10. The summed E-state index contributed by atoms with van der Waals surface area (Å²) in [5.41, 5.74) is 1.75. The van der Waals surface area contributed by atoms with E-state index < -0.39 is 11.8 Å². The van der Waals surface area contributed by atoms with Crippen molar-refractivity contribution in [3.63, 3.8) is 0 Å². The summed E-state index contributed by atoms with van der Waals surface area (Å²) in [6.07, 6.45) is 3.46. The quantitative estimate of drug-likeness (QED) is 0.888. The Hall–Kier alpha value is -2.27. The first-order valence-corrected chi connectivity index (χ1v) is 6.72. The van der Waals surface area contributed by atoms with Gasteiger partial charge in [-0.3, -0.25) is 9.88 Å². The minimum atomic E-state index is -1.12. The molecule has 21 heavy (non-hydrogen) atoms. The van der Waals surface area contributed by atoms with E-state index >= 15 is 0 Å². The predicted molar refractivity (Wildman–Crippen MR) is 77.4 cm³/mol. The molecule has 1 heterocycles. The smallest absolute Gasteiger partial charge is 0.335 e. The fourth-order valence-electron chi connectivity index (χ4n) is 2.15. The van der Waals surface area contributed by atoms with Crippen LogP contribution in [0, 0.1) is 5.82 Å². The van der Waals surface area contributed by atoms with Crippen LogP contribution >= 0.6 is 0 Å². The lowest BCUT2D eigenvalue weighted by Crippen LogP contribution is -2.22. The second-order valence-corrected chi connectivity index (χ2v) is 4.81. The summed E-state index contributed by atoms with van der Waals surface area (Å²) >= 11 is 0. The number of hydrogen-bond acceptors (Lipinski definition) is 3. The molecule has 0 spiro atoms. The van der Waals surface area contributed by atoms with Crippen LogP contribution in [-0.2, 0) is 13.1 Å². The highest BCUT2D eigenvalue weighted by molar-refractivity contribution is 5.87. The number of hydrogen-bond donors (Lipinski definition) is 1. The predicted octanol–water partition coefficient (Wildman–Crippen LogP) is 2.94. The van der Waals surface area contributed by atoms with E-state index in [4.69, 9.17) is 5.11 Å². The van der Waals surface area contributed by atoms with E-state index in [9.17, 15) is 9.18 Å². The van der Waals surface area contributed by atoms with Gasteiger partial charge in [-0.2, -0.15) is 0 Å². The van der Waals surface area contributed by atoms with Crippen molar-refractivity contribution >= 4 is 5.97 Å². The first-order chi connectivity index (χ1) is 10.1. The Morgan fingerprint density at radius 3 is 2.48 bits per heavy atom. The molecule has 0 atom stereocenters. The van der Waals surface area contributed by atoms with Crippen molar-refractivity contribution in [1.29, 1.82) is 0 Å². The van der Waals surface area contributed by atoms with Crippen molar-refractivity contribution in [2.24, 2.45) is 0 Å². The molecule has 0 amide bonds. The van der Waals surface area contributed by atoms with Crippen LogP contribution in [-0.4, -0.2) is 27.5 Å². The highest BCUT2D eigenvalue weighted by atomic mass is 19.1. The Morgan fingerprint density at radius 1 is 1.19 bits per heavy atom. The normalized spacial score (nSPS) is 10.8. The zero-order valence-electron chi connectivity index (χ0n) is 11.8. The van der Waals surface area contributed by atoms with Crippen LogP contribution in [0.25, 0.3) is 0 Å². The molecule has 2 aromatic rings. The molecule has 1 aromatic carbocycles. The van der Waals surface area contributed by atoms with Gasteiger partial charge in [0.25, 0.3) is 0 Å². The van der Waals surface area contributed by atoms with Crippen molar-refractivity contribution < 1.29 is 14.3 Å². The molecule has 0 bridgehead atoms. The number of benzene rings is 1. The van der Waals surface area contributed by atoms with Crippen LogP contribution in [0.15, 0.2) is 42.7 Å². The lowest BCUT2D eigenvalue weighted by Gasteiger charge is -2.20. The van der Waals surface area contributed by atoms with Gasteiger partial charge in [0.1, 0.15) is 5.82 Å². The third-order valence-electron chi connectivity index (χ3n) is 3.21. The van der Waals surface area contributed by atoms with Gasteiger partial charge in [0.05, 0.1) is 5.56 Å². The SMILES string of the molecule is CCN(Cc1ccncc1)Cc1cc(F)cc(C(=O)O)c1. The molecule has 4 nitrogen and oxygen atoms in total. The molecule has 2 rings (SSSR count). The van der Waals surface area contributed by atoms with Gasteiger partial charge in [-0.05, 0) is 48.0 Å². The summed E-state index contributed by atoms with van der Waals surface area (Å²) in [4.78, 5) is 17.0. The topological polar surface area (TPSA) is 53.4 Å². The van der Waals surface area contributed by atoms with Crippen LogP contribution in [0.1, 0.15) is 28.4 Å².